The van der Waals surface area contributed by atoms with E-state index in [1.54, 1.807) is 43.5 Å². The predicted molar refractivity (Wildman–Crippen MR) is 104 cm³/mol. The molecule has 2 N–H and O–H groups in total. The van der Waals surface area contributed by atoms with E-state index in [0.29, 0.717) is 30.1 Å². The number of methoxy groups -OCH3 is 1. The molecule has 0 spiro atoms. The van der Waals surface area contributed by atoms with Gasteiger partial charge < -0.3 is 15.4 Å². The molecule has 0 atom stereocenters. The van der Waals surface area contributed by atoms with E-state index in [0.717, 1.165) is 0 Å². The molecule has 9 heteroatoms. The Morgan fingerprint density at radius 1 is 1.17 bits per heavy atom. The van der Waals surface area contributed by atoms with Crippen LogP contribution >= 0.6 is 0 Å². The number of hydrogen-bond acceptors (Lipinski definition) is 5. The van der Waals surface area contributed by atoms with Crippen molar-refractivity contribution in [1.29, 1.82) is 0 Å². The Kier molecular flexibility index (Phi) is 6.51. The van der Waals surface area contributed by atoms with Crippen LogP contribution in [0.15, 0.2) is 54.7 Å². The lowest BCUT2D eigenvalue weighted by Gasteiger charge is -2.05. The Hall–Kier alpha value is -3.75. The van der Waals surface area contributed by atoms with Gasteiger partial charge in [-0.05, 0) is 42.0 Å². The molecule has 0 aliphatic rings. The summed E-state index contributed by atoms with van der Waals surface area (Å²) < 4.78 is 19.7. The van der Waals surface area contributed by atoms with Crippen LogP contribution in [0.1, 0.15) is 16.1 Å². The van der Waals surface area contributed by atoms with E-state index >= 15 is 0 Å². The van der Waals surface area contributed by atoms with Crippen LogP contribution in [0.25, 0.3) is 0 Å². The molecule has 0 saturated carbocycles. The number of hydrogen-bond donors (Lipinski definition) is 2. The molecule has 29 heavy (non-hydrogen) atoms. The average Bonchev–Trinajstić information content (AvgIpc) is 3.18. The van der Waals surface area contributed by atoms with Gasteiger partial charge in [0.25, 0.3) is 5.91 Å². The lowest BCUT2D eigenvalue weighted by atomic mass is 10.1. The zero-order valence-corrected chi connectivity index (χ0v) is 15.8. The van der Waals surface area contributed by atoms with Crippen LogP contribution < -0.4 is 15.4 Å². The molecule has 0 radical (unpaired) electrons. The topological polar surface area (TPSA) is 98.1 Å². The first-order valence-electron chi connectivity index (χ1n) is 8.90. The van der Waals surface area contributed by atoms with Crippen molar-refractivity contribution in [2.45, 2.75) is 13.0 Å². The molecule has 0 fully saturated rings. The maximum Gasteiger partial charge on any atom is 0.277 e. The van der Waals surface area contributed by atoms with Crippen molar-refractivity contribution in [2.24, 2.45) is 0 Å². The summed E-state index contributed by atoms with van der Waals surface area (Å²) in [6, 6.07) is 12.8. The molecule has 1 heterocycles. The predicted octanol–water partition coefficient (Wildman–Crippen LogP) is 2.04. The van der Waals surface area contributed by atoms with Crippen molar-refractivity contribution < 1.29 is 18.7 Å². The molecule has 3 aromatic rings. The van der Waals surface area contributed by atoms with Crippen molar-refractivity contribution >= 4 is 17.5 Å². The third-order valence-electron chi connectivity index (χ3n) is 4.04. The fourth-order valence-corrected chi connectivity index (χ4v) is 2.59. The van der Waals surface area contributed by atoms with E-state index < -0.39 is 5.91 Å². The summed E-state index contributed by atoms with van der Waals surface area (Å²) in [5.41, 5.74) is 1.36. The first-order chi connectivity index (χ1) is 14.0. The maximum absolute atomic E-state index is 13.1. The minimum absolute atomic E-state index is 0.0879. The number of aromatic nitrogens is 3. The second kappa shape index (κ2) is 9.45. The number of carbonyl (C=O) groups is 2. The van der Waals surface area contributed by atoms with Gasteiger partial charge in [-0.1, -0.05) is 17.3 Å². The van der Waals surface area contributed by atoms with E-state index in [2.05, 4.69) is 20.9 Å². The van der Waals surface area contributed by atoms with Gasteiger partial charge in [-0.2, -0.15) is 0 Å². The summed E-state index contributed by atoms with van der Waals surface area (Å²) in [5.74, 6) is -0.309. The summed E-state index contributed by atoms with van der Waals surface area (Å²) in [6.45, 7) is 0.648. The van der Waals surface area contributed by atoms with Crippen LogP contribution in [0.2, 0.25) is 0 Å². The van der Waals surface area contributed by atoms with Crippen molar-refractivity contribution in [2.75, 3.05) is 19.0 Å². The average molecular weight is 397 g/mol. The molecular formula is C20H20FN5O3. The van der Waals surface area contributed by atoms with Gasteiger partial charge in [0.15, 0.2) is 5.69 Å². The third-order valence-corrected chi connectivity index (χ3v) is 4.04. The molecule has 0 bridgehead atoms. The molecular weight excluding hydrogens is 377 g/mol. The number of rotatable bonds is 8. The second-order valence-electron chi connectivity index (χ2n) is 6.21. The Balaban J connectivity index is 1.45. The number of nitrogens with one attached hydrogen (secondary N) is 2. The van der Waals surface area contributed by atoms with E-state index in [1.807, 2.05) is 0 Å². The molecule has 8 nitrogen and oxygen atoms in total. The molecule has 3 rings (SSSR count). The second-order valence-corrected chi connectivity index (χ2v) is 6.21. The van der Waals surface area contributed by atoms with Crippen molar-refractivity contribution in [3.63, 3.8) is 0 Å². The van der Waals surface area contributed by atoms with Crippen molar-refractivity contribution in [3.05, 3.63) is 71.8 Å². The SMILES string of the molecule is COc1ccc(NC(=O)c2cn(CCNC(=O)Cc3cccc(F)c3)nn2)cc1. The number of benzene rings is 2. The first kappa shape index (κ1) is 20.0. The van der Waals surface area contributed by atoms with Crippen LogP contribution in [0.3, 0.4) is 0 Å². The monoisotopic (exact) mass is 397 g/mol. The highest BCUT2D eigenvalue weighted by Gasteiger charge is 2.11. The van der Waals surface area contributed by atoms with Gasteiger partial charge in [0.1, 0.15) is 11.6 Å². The van der Waals surface area contributed by atoms with Crippen LogP contribution in [0.4, 0.5) is 10.1 Å². The molecule has 0 saturated heterocycles. The first-order valence-corrected chi connectivity index (χ1v) is 8.90. The van der Waals surface area contributed by atoms with Crippen LogP contribution in [0.5, 0.6) is 5.75 Å². The normalized spacial score (nSPS) is 10.4. The Bertz CT molecular complexity index is 988. The van der Waals surface area contributed by atoms with Crippen molar-refractivity contribution in [1.82, 2.24) is 20.3 Å². The van der Waals surface area contributed by atoms with Gasteiger partial charge in [0.05, 0.1) is 26.3 Å². The summed E-state index contributed by atoms with van der Waals surface area (Å²) in [5, 5.41) is 13.2. The van der Waals surface area contributed by atoms with E-state index in [4.69, 9.17) is 4.74 Å². The number of halogens is 1. The molecule has 0 aliphatic heterocycles. The zero-order chi connectivity index (χ0) is 20.6. The van der Waals surface area contributed by atoms with Gasteiger partial charge in [-0.15, -0.1) is 5.10 Å². The molecule has 150 valence electrons. The fourth-order valence-electron chi connectivity index (χ4n) is 2.59. The van der Waals surface area contributed by atoms with Gasteiger partial charge in [0, 0.05) is 12.2 Å². The molecule has 2 aromatic carbocycles. The van der Waals surface area contributed by atoms with Gasteiger partial charge in [-0.3, -0.25) is 9.59 Å². The standard InChI is InChI=1S/C20H20FN5O3/c1-29-17-7-5-16(6-8-17)23-20(28)18-13-26(25-24-18)10-9-22-19(27)12-14-3-2-4-15(21)11-14/h2-8,11,13H,9-10,12H2,1H3,(H,22,27)(H,23,28). The highest BCUT2D eigenvalue weighted by atomic mass is 19.1. The third kappa shape index (κ3) is 5.86. The zero-order valence-electron chi connectivity index (χ0n) is 15.8. The van der Waals surface area contributed by atoms with E-state index in [1.165, 1.54) is 23.0 Å². The minimum atomic E-state index is -0.392. The molecule has 2 amide bonds. The molecule has 0 aliphatic carbocycles. The van der Waals surface area contributed by atoms with Crippen LogP contribution in [-0.2, 0) is 17.8 Å². The smallest absolute Gasteiger partial charge is 0.277 e. The Morgan fingerprint density at radius 3 is 2.69 bits per heavy atom. The van der Waals surface area contributed by atoms with E-state index in [-0.39, 0.29) is 23.8 Å². The molecule has 0 unspecified atom stereocenters. The largest absolute Gasteiger partial charge is 0.497 e. The lowest BCUT2D eigenvalue weighted by molar-refractivity contribution is -0.120. The fraction of sp³-hybridized carbons (Fsp3) is 0.200. The summed E-state index contributed by atoms with van der Waals surface area (Å²) >= 11 is 0. The summed E-state index contributed by atoms with van der Waals surface area (Å²) in [7, 11) is 1.57. The summed E-state index contributed by atoms with van der Waals surface area (Å²) in [6.07, 6.45) is 1.59. The highest BCUT2D eigenvalue weighted by molar-refractivity contribution is 6.02. The van der Waals surface area contributed by atoms with Gasteiger partial charge in [0.2, 0.25) is 5.91 Å². The summed E-state index contributed by atoms with van der Waals surface area (Å²) in [4.78, 5) is 24.2. The van der Waals surface area contributed by atoms with Gasteiger partial charge in [-0.25, -0.2) is 9.07 Å². The lowest BCUT2D eigenvalue weighted by Crippen LogP contribution is -2.28. The maximum atomic E-state index is 13.1. The van der Waals surface area contributed by atoms with Crippen LogP contribution in [0, 0.1) is 5.82 Å². The Morgan fingerprint density at radius 2 is 1.97 bits per heavy atom. The number of anilines is 1. The van der Waals surface area contributed by atoms with Crippen molar-refractivity contribution in [3.8, 4) is 5.75 Å². The number of carbonyl (C=O) groups excluding carboxylic acids is 2. The number of ether oxygens (including phenoxy) is 1. The number of amides is 2. The Labute approximate surface area is 166 Å². The quantitative estimate of drug-likeness (QED) is 0.606. The highest BCUT2D eigenvalue weighted by Crippen LogP contribution is 2.15. The van der Waals surface area contributed by atoms with Crippen LogP contribution in [-0.4, -0.2) is 40.5 Å². The minimum Gasteiger partial charge on any atom is -0.497 e. The van der Waals surface area contributed by atoms with Gasteiger partial charge >= 0.3 is 0 Å². The van der Waals surface area contributed by atoms with E-state index in [9.17, 15) is 14.0 Å². The molecule has 1 aromatic heterocycles. The number of nitrogens with zero attached hydrogens (tertiary/aromatic N) is 3.